The summed E-state index contributed by atoms with van der Waals surface area (Å²) in [5.41, 5.74) is -0.871. The third-order valence-corrected chi connectivity index (χ3v) is 4.35. The van der Waals surface area contributed by atoms with Crippen molar-refractivity contribution in [2.24, 2.45) is 17.8 Å². The van der Waals surface area contributed by atoms with Gasteiger partial charge in [0.2, 0.25) is 5.91 Å². The Hall–Kier alpha value is -1.61. The molecule has 6 nitrogen and oxygen atoms in total. The molecule has 1 aliphatic heterocycles. The van der Waals surface area contributed by atoms with E-state index >= 15 is 0 Å². The van der Waals surface area contributed by atoms with Crippen molar-refractivity contribution in [1.29, 1.82) is 5.26 Å². The van der Waals surface area contributed by atoms with E-state index in [-0.39, 0.29) is 36.2 Å². The smallest absolute Gasteiger partial charge is 0.310 e. The highest BCUT2D eigenvalue weighted by atomic mass is 16.5. The van der Waals surface area contributed by atoms with E-state index in [0.717, 1.165) is 0 Å². The molecule has 0 bridgehead atoms. The van der Waals surface area contributed by atoms with E-state index in [0.29, 0.717) is 13.1 Å². The van der Waals surface area contributed by atoms with E-state index in [1.54, 1.807) is 6.92 Å². The highest BCUT2D eigenvalue weighted by molar-refractivity contribution is 5.79. The van der Waals surface area contributed by atoms with Gasteiger partial charge in [-0.3, -0.25) is 14.5 Å². The summed E-state index contributed by atoms with van der Waals surface area (Å²) in [4.78, 5) is 25.7. The Kier molecular flexibility index (Phi) is 5.73. The van der Waals surface area contributed by atoms with Gasteiger partial charge in [0, 0.05) is 13.1 Å². The van der Waals surface area contributed by atoms with Gasteiger partial charge in [-0.15, -0.1) is 0 Å². The summed E-state index contributed by atoms with van der Waals surface area (Å²) in [7, 11) is 1.38. The lowest BCUT2D eigenvalue weighted by Gasteiger charge is -2.28. The number of nitriles is 1. The second kappa shape index (κ2) is 6.90. The highest BCUT2D eigenvalue weighted by Crippen LogP contribution is 2.24. The zero-order valence-electron chi connectivity index (χ0n) is 13.5. The van der Waals surface area contributed by atoms with Crippen LogP contribution in [0.5, 0.6) is 0 Å². The molecule has 0 aromatic carbocycles. The topological polar surface area (TPSA) is 82.4 Å². The summed E-state index contributed by atoms with van der Waals surface area (Å²) in [5, 5.41) is 12.0. The van der Waals surface area contributed by atoms with Gasteiger partial charge in [0.15, 0.2) is 0 Å². The molecular formula is C15H25N3O3. The fourth-order valence-corrected chi connectivity index (χ4v) is 2.49. The largest absolute Gasteiger partial charge is 0.469 e. The minimum absolute atomic E-state index is 0.0202. The Morgan fingerprint density at radius 2 is 2.10 bits per heavy atom. The molecule has 0 aromatic heterocycles. The zero-order chi connectivity index (χ0) is 16.2. The van der Waals surface area contributed by atoms with Crippen molar-refractivity contribution in [3.63, 3.8) is 0 Å². The molecule has 0 radical (unpaired) electrons. The predicted octanol–water partition coefficient (Wildman–Crippen LogP) is 0.782. The quantitative estimate of drug-likeness (QED) is 0.758. The van der Waals surface area contributed by atoms with Crippen LogP contribution in [0, 0.1) is 29.1 Å². The van der Waals surface area contributed by atoms with Crippen molar-refractivity contribution >= 4 is 11.9 Å². The minimum Gasteiger partial charge on any atom is -0.469 e. The maximum Gasteiger partial charge on any atom is 0.310 e. The van der Waals surface area contributed by atoms with Crippen LogP contribution in [0.1, 0.15) is 27.7 Å². The molecule has 1 heterocycles. The number of amides is 1. The maximum atomic E-state index is 12.1. The van der Waals surface area contributed by atoms with Gasteiger partial charge in [-0.2, -0.15) is 5.26 Å². The van der Waals surface area contributed by atoms with Crippen molar-refractivity contribution in [2.75, 3.05) is 26.7 Å². The highest BCUT2D eigenvalue weighted by Gasteiger charge is 2.37. The predicted molar refractivity (Wildman–Crippen MR) is 78.1 cm³/mol. The lowest BCUT2D eigenvalue weighted by atomic mass is 9.90. The lowest BCUT2D eigenvalue weighted by Crippen LogP contribution is -2.51. The number of hydrogen-bond acceptors (Lipinski definition) is 5. The fraction of sp³-hybridized carbons (Fsp3) is 0.800. The molecule has 0 spiro atoms. The third-order valence-electron chi connectivity index (χ3n) is 4.35. The zero-order valence-corrected chi connectivity index (χ0v) is 13.5. The number of rotatable bonds is 5. The molecule has 1 aliphatic rings. The molecule has 3 unspecified atom stereocenters. The second-order valence-electron chi connectivity index (χ2n) is 6.32. The number of carbonyl (C=O) groups is 2. The summed E-state index contributed by atoms with van der Waals surface area (Å²) in [6.07, 6.45) is 0. The molecule has 1 saturated heterocycles. The third kappa shape index (κ3) is 4.18. The summed E-state index contributed by atoms with van der Waals surface area (Å²) >= 11 is 0. The number of nitrogens with zero attached hydrogens (tertiary/aromatic N) is 2. The lowest BCUT2D eigenvalue weighted by molar-refractivity contribution is -0.146. The Labute approximate surface area is 126 Å². The first-order valence-corrected chi connectivity index (χ1v) is 7.26. The van der Waals surface area contributed by atoms with Gasteiger partial charge in [-0.1, -0.05) is 20.8 Å². The summed E-state index contributed by atoms with van der Waals surface area (Å²) in [6.45, 7) is 8.89. The van der Waals surface area contributed by atoms with Crippen LogP contribution in [-0.4, -0.2) is 49.1 Å². The van der Waals surface area contributed by atoms with Crippen LogP contribution >= 0.6 is 0 Å². The Balaban J connectivity index is 2.58. The van der Waals surface area contributed by atoms with Crippen LogP contribution in [0.4, 0.5) is 0 Å². The Morgan fingerprint density at radius 3 is 2.57 bits per heavy atom. The molecule has 0 aromatic rings. The van der Waals surface area contributed by atoms with Gasteiger partial charge in [-0.25, -0.2) is 0 Å². The summed E-state index contributed by atoms with van der Waals surface area (Å²) in [6, 6.07) is 2.15. The SMILES string of the molecule is COC(=O)C1CN(CC(=O)NC(C)(C#N)C(C)C)CC1C. The molecule has 0 aliphatic carbocycles. The van der Waals surface area contributed by atoms with E-state index in [9.17, 15) is 14.9 Å². The van der Waals surface area contributed by atoms with Gasteiger partial charge in [0.1, 0.15) is 5.54 Å². The van der Waals surface area contributed by atoms with Crippen molar-refractivity contribution in [2.45, 2.75) is 33.2 Å². The molecule has 1 rings (SSSR count). The maximum absolute atomic E-state index is 12.1. The molecule has 6 heteroatoms. The van der Waals surface area contributed by atoms with Gasteiger partial charge < -0.3 is 10.1 Å². The first-order valence-electron chi connectivity index (χ1n) is 7.26. The molecule has 0 saturated carbocycles. The van der Waals surface area contributed by atoms with E-state index in [4.69, 9.17) is 4.74 Å². The van der Waals surface area contributed by atoms with Crippen molar-refractivity contribution in [3.05, 3.63) is 0 Å². The molecule has 3 atom stereocenters. The minimum atomic E-state index is -0.871. The molecule has 1 fully saturated rings. The molecule has 21 heavy (non-hydrogen) atoms. The molecule has 1 N–H and O–H groups in total. The number of nitrogens with one attached hydrogen (secondary N) is 1. The number of methoxy groups -OCH3 is 1. The summed E-state index contributed by atoms with van der Waals surface area (Å²) < 4.78 is 4.78. The van der Waals surface area contributed by atoms with Gasteiger partial charge in [0.25, 0.3) is 0 Å². The van der Waals surface area contributed by atoms with E-state index in [1.807, 2.05) is 25.7 Å². The van der Waals surface area contributed by atoms with Crippen LogP contribution in [0.25, 0.3) is 0 Å². The van der Waals surface area contributed by atoms with Gasteiger partial charge in [-0.05, 0) is 18.8 Å². The van der Waals surface area contributed by atoms with Gasteiger partial charge in [0.05, 0.1) is 25.6 Å². The molecular weight excluding hydrogens is 270 g/mol. The number of likely N-dealkylation sites (tertiary alicyclic amines) is 1. The average molecular weight is 295 g/mol. The number of carbonyl (C=O) groups excluding carboxylic acids is 2. The average Bonchev–Trinajstić information content (AvgIpc) is 2.77. The van der Waals surface area contributed by atoms with Crippen molar-refractivity contribution in [3.8, 4) is 6.07 Å². The van der Waals surface area contributed by atoms with Crippen LogP contribution < -0.4 is 5.32 Å². The standard InChI is InChI=1S/C15H25N3O3/c1-10(2)15(4,9-16)17-13(19)8-18-6-11(3)12(7-18)14(20)21-5/h10-12H,6-8H2,1-5H3,(H,17,19). The van der Waals surface area contributed by atoms with Crippen LogP contribution in [0.3, 0.4) is 0 Å². The first kappa shape index (κ1) is 17.4. The molecule has 118 valence electrons. The normalized spacial score (nSPS) is 25.2. The number of esters is 1. The van der Waals surface area contributed by atoms with Crippen LogP contribution in [0.2, 0.25) is 0 Å². The van der Waals surface area contributed by atoms with E-state index < -0.39 is 5.54 Å². The van der Waals surface area contributed by atoms with Crippen LogP contribution in [0.15, 0.2) is 0 Å². The Bertz CT molecular complexity index is 444. The fourth-order valence-electron chi connectivity index (χ4n) is 2.49. The van der Waals surface area contributed by atoms with E-state index in [2.05, 4.69) is 11.4 Å². The van der Waals surface area contributed by atoms with Crippen molar-refractivity contribution < 1.29 is 14.3 Å². The van der Waals surface area contributed by atoms with Gasteiger partial charge >= 0.3 is 5.97 Å². The first-order chi connectivity index (χ1) is 9.73. The van der Waals surface area contributed by atoms with Crippen LogP contribution in [-0.2, 0) is 14.3 Å². The monoisotopic (exact) mass is 295 g/mol. The summed E-state index contributed by atoms with van der Waals surface area (Å²) in [5.74, 6) is -0.417. The number of hydrogen-bond donors (Lipinski definition) is 1. The van der Waals surface area contributed by atoms with Crippen molar-refractivity contribution in [1.82, 2.24) is 10.2 Å². The van der Waals surface area contributed by atoms with E-state index in [1.165, 1.54) is 7.11 Å². The molecule has 1 amide bonds. The second-order valence-corrected chi connectivity index (χ2v) is 6.32. The Morgan fingerprint density at radius 1 is 1.48 bits per heavy atom. The number of ether oxygens (including phenoxy) is 1.